The SMILES string of the molecule is C1COCCO1.C1COCCO1.c1ccc(-c2cnc(-c3ccc(-c4ncc(-c5ccccc5)o4)cc3)o2)cc1. The smallest absolute Gasteiger partial charge is 0.226 e. The lowest BCUT2D eigenvalue weighted by molar-refractivity contribution is -0.0334. The molecule has 0 saturated carbocycles. The zero-order valence-electron chi connectivity index (χ0n) is 22.2. The Morgan fingerprint density at radius 3 is 1.00 bits per heavy atom. The average Bonchev–Trinajstić information content (AvgIpc) is 3.76. The van der Waals surface area contributed by atoms with Crippen LogP contribution in [0.25, 0.3) is 45.6 Å². The van der Waals surface area contributed by atoms with E-state index in [-0.39, 0.29) is 0 Å². The second kappa shape index (κ2) is 14.9. The van der Waals surface area contributed by atoms with Crippen molar-refractivity contribution in [2.75, 3.05) is 52.9 Å². The first-order valence-electron chi connectivity index (χ1n) is 13.3. The number of benzene rings is 3. The molecule has 0 amide bonds. The van der Waals surface area contributed by atoms with E-state index in [4.69, 9.17) is 27.8 Å². The van der Waals surface area contributed by atoms with Crippen molar-refractivity contribution in [2.24, 2.45) is 0 Å². The lowest BCUT2D eigenvalue weighted by Crippen LogP contribution is -2.16. The quantitative estimate of drug-likeness (QED) is 0.259. The molecule has 0 N–H and O–H groups in total. The van der Waals surface area contributed by atoms with Crippen molar-refractivity contribution in [1.82, 2.24) is 9.97 Å². The number of rotatable bonds is 4. The third-order valence-corrected chi connectivity index (χ3v) is 5.99. The summed E-state index contributed by atoms with van der Waals surface area (Å²) < 4.78 is 31.6. The van der Waals surface area contributed by atoms with Crippen molar-refractivity contribution in [2.45, 2.75) is 0 Å². The van der Waals surface area contributed by atoms with Gasteiger partial charge in [0.25, 0.3) is 0 Å². The Hall–Kier alpha value is -4.08. The molecule has 2 aromatic heterocycles. The Balaban J connectivity index is 0.000000221. The van der Waals surface area contributed by atoms with E-state index >= 15 is 0 Å². The van der Waals surface area contributed by atoms with Crippen molar-refractivity contribution in [3.05, 3.63) is 97.3 Å². The predicted octanol–water partition coefficient (Wildman–Crippen LogP) is 6.40. The second-order valence-corrected chi connectivity index (χ2v) is 8.82. The van der Waals surface area contributed by atoms with Gasteiger partial charge in [0.2, 0.25) is 11.8 Å². The highest BCUT2D eigenvalue weighted by atomic mass is 16.6. The Morgan fingerprint density at radius 2 is 0.700 bits per heavy atom. The van der Waals surface area contributed by atoms with E-state index in [9.17, 15) is 0 Å². The molecule has 0 radical (unpaired) electrons. The third kappa shape index (κ3) is 7.97. The zero-order chi connectivity index (χ0) is 27.2. The van der Waals surface area contributed by atoms with Crippen LogP contribution in [0.4, 0.5) is 0 Å². The molecule has 40 heavy (non-hydrogen) atoms. The highest BCUT2D eigenvalue weighted by Gasteiger charge is 2.11. The van der Waals surface area contributed by atoms with Crippen LogP contribution >= 0.6 is 0 Å². The number of hydrogen-bond donors (Lipinski definition) is 0. The number of nitrogens with zero attached hydrogens (tertiary/aromatic N) is 2. The lowest BCUT2D eigenvalue weighted by atomic mass is 10.1. The van der Waals surface area contributed by atoms with Gasteiger partial charge >= 0.3 is 0 Å². The first kappa shape index (κ1) is 27.5. The maximum Gasteiger partial charge on any atom is 0.226 e. The number of hydrogen-bond acceptors (Lipinski definition) is 8. The maximum absolute atomic E-state index is 5.91. The summed E-state index contributed by atoms with van der Waals surface area (Å²) >= 11 is 0. The van der Waals surface area contributed by atoms with E-state index < -0.39 is 0 Å². The number of ether oxygens (including phenoxy) is 4. The molecule has 0 aliphatic carbocycles. The van der Waals surface area contributed by atoms with Crippen molar-refractivity contribution in [1.29, 1.82) is 0 Å². The van der Waals surface area contributed by atoms with Gasteiger partial charge < -0.3 is 27.8 Å². The molecule has 0 unspecified atom stereocenters. The predicted molar refractivity (Wildman–Crippen MR) is 152 cm³/mol. The van der Waals surface area contributed by atoms with Gasteiger partial charge in [0, 0.05) is 22.3 Å². The van der Waals surface area contributed by atoms with Gasteiger partial charge in [0.15, 0.2) is 11.5 Å². The maximum atomic E-state index is 5.91. The van der Waals surface area contributed by atoms with Gasteiger partial charge in [0.05, 0.1) is 65.2 Å². The molecule has 5 aromatic rings. The Kier molecular flexibility index (Phi) is 10.2. The average molecular weight is 541 g/mol. The molecule has 0 bridgehead atoms. The van der Waals surface area contributed by atoms with Crippen LogP contribution in [0.15, 0.2) is 106 Å². The fourth-order valence-electron chi connectivity index (χ4n) is 3.92. The van der Waals surface area contributed by atoms with Crippen LogP contribution in [-0.4, -0.2) is 62.8 Å². The molecule has 3 aromatic carbocycles. The van der Waals surface area contributed by atoms with Crippen molar-refractivity contribution >= 4 is 0 Å². The third-order valence-electron chi connectivity index (χ3n) is 5.99. The van der Waals surface area contributed by atoms with Crippen LogP contribution in [0.2, 0.25) is 0 Å². The summed E-state index contributed by atoms with van der Waals surface area (Å²) in [6.45, 7) is 6.22. The Labute approximate surface area is 233 Å². The first-order chi connectivity index (χ1) is 19.9. The van der Waals surface area contributed by atoms with Gasteiger partial charge in [-0.3, -0.25) is 0 Å². The molecule has 8 heteroatoms. The van der Waals surface area contributed by atoms with E-state index in [1.807, 2.05) is 84.9 Å². The molecule has 2 fully saturated rings. The molecule has 4 heterocycles. The Bertz CT molecular complexity index is 1260. The topological polar surface area (TPSA) is 89.0 Å². The van der Waals surface area contributed by atoms with Gasteiger partial charge in [-0.2, -0.15) is 0 Å². The van der Waals surface area contributed by atoms with Crippen LogP contribution < -0.4 is 0 Å². The van der Waals surface area contributed by atoms with Gasteiger partial charge in [-0.1, -0.05) is 60.7 Å². The zero-order valence-corrected chi connectivity index (χ0v) is 22.2. The van der Waals surface area contributed by atoms with Crippen LogP contribution in [0.1, 0.15) is 0 Å². The van der Waals surface area contributed by atoms with Crippen LogP contribution in [-0.2, 0) is 18.9 Å². The number of aromatic nitrogens is 2. The molecule has 2 aliphatic heterocycles. The Morgan fingerprint density at radius 1 is 0.375 bits per heavy atom. The van der Waals surface area contributed by atoms with E-state index in [2.05, 4.69) is 9.97 Å². The summed E-state index contributed by atoms with van der Waals surface area (Å²) in [5.41, 5.74) is 3.82. The molecule has 2 saturated heterocycles. The van der Waals surface area contributed by atoms with Gasteiger partial charge in [-0.25, -0.2) is 9.97 Å². The normalized spacial score (nSPS) is 14.8. The number of oxazole rings is 2. The van der Waals surface area contributed by atoms with E-state index in [0.29, 0.717) is 11.8 Å². The molecule has 0 atom stereocenters. The summed E-state index contributed by atoms with van der Waals surface area (Å²) in [5, 5.41) is 0. The van der Waals surface area contributed by atoms with Crippen LogP contribution in [0.3, 0.4) is 0 Å². The van der Waals surface area contributed by atoms with Gasteiger partial charge in [-0.05, 0) is 24.3 Å². The standard InChI is InChI=1S/C24H16N2O2.2C4H8O2/c1-3-7-17(8-4-1)21-15-25-23(27-21)19-11-13-20(14-12-19)24-26-16-22(28-24)18-9-5-2-6-10-18;2*1-2-6-4-3-5-1/h1-16H;2*1-4H2. The van der Waals surface area contributed by atoms with Crippen molar-refractivity contribution in [3.63, 3.8) is 0 Å². The van der Waals surface area contributed by atoms with Crippen LogP contribution in [0.5, 0.6) is 0 Å². The molecule has 0 spiro atoms. The summed E-state index contributed by atoms with van der Waals surface area (Å²) in [6.07, 6.45) is 3.50. The van der Waals surface area contributed by atoms with Gasteiger partial charge in [-0.15, -0.1) is 0 Å². The fraction of sp³-hybridized carbons (Fsp3) is 0.250. The summed E-state index contributed by atoms with van der Waals surface area (Å²) in [6, 6.07) is 27.7. The largest absolute Gasteiger partial charge is 0.436 e. The minimum atomic E-state index is 0.586. The highest BCUT2D eigenvalue weighted by Crippen LogP contribution is 2.29. The molecular formula is C32H32N2O6. The van der Waals surface area contributed by atoms with E-state index in [1.54, 1.807) is 12.4 Å². The summed E-state index contributed by atoms with van der Waals surface area (Å²) in [4.78, 5) is 8.81. The summed E-state index contributed by atoms with van der Waals surface area (Å²) in [7, 11) is 0. The molecule has 8 nitrogen and oxygen atoms in total. The minimum absolute atomic E-state index is 0.586. The minimum Gasteiger partial charge on any atom is -0.436 e. The highest BCUT2D eigenvalue weighted by molar-refractivity contribution is 5.65. The second-order valence-electron chi connectivity index (χ2n) is 8.82. The first-order valence-corrected chi connectivity index (χ1v) is 13.3. The monoisotopic (exact) mass is 540 g/mol. The fourth-order valence-corrected chi connectivity index (χ4v) is 3.92. The van der Waals surface area contributed by atoms with E-state index in [0.717, 1.165) is 86.6 Å². The molecule has 2 aliphatic rings. The van der Waals surface area contributed by atoms with E-state index in [1.165, 1.54) is 0 Å². The molecule has 206 valence electrons. The van der Waals surface area contributed by atoms with Crippen LogP contribution in [0, 0.1) is 0 Å². The van der Waals surface area contributed by atoms with Crippen molar-refractivity contribution < 1.29 is 27.8 Å². The summed E-state index contributed by atoms with van der Waals surface area (Å²) in [5.74, 6) is 2.67. The molecular weight excluding hydrogens is 508 g/mol. The van der Waals surface area contributed by atoms with Crippen molar-refractivity contribution in [3.8, 4) is 45.6 Å². The lowest BCUT2D eigenvalue weighted by Gasteiger charge is -2.09. The van der Waals surface area contributed by atoms with Gasteiger partial charge in [0.1, 0.15) is 0 Å². The molecule has 7 rings (SSSR count).